The maximum atomic E-state index is 12.5. The van der Waals surface area contributed by atoms with Crippen LogP contribution in [0, 0.1) is 5.92 Å². The third-order valence-corrected chi connectivity index (χ3v) is 4.02. The van der Waals surface area contributed by atoms with Crippen molar-refractivity contribution >= 4 is 11.6 Å². The van der Waals surface area contributed by atoms with E-state index in [-0.39, 0.29) is 5.91 Å². The van der Waals surface area contributed by atoms with Crippen LogP contribution in [0.15, 0.2) is 18.2 Å². The van der Waals surface area contributed by atoms with E-state index in [0.717, 1.165) is 6.54 Å². The second kappa shape index (κ2) is 6.64. The largest absolute Gasteiger partial charge is 0.497 e. The van der Waals surface area contributed by atoms with Crippen molar-refractivity contribution in [1.29, 1.82) is 0 Å². The normalized spacial score (nSPS) is 15.9. The number of rotatable bonds is 4. The number of anilines is 1. The van der Waals surface area contributed by atoms with Gasteiger partial charge in [0.05, 0.1) is 7.11 Å². The van der Waals surface area contributed by atoms with Gasteiger partial charge in [-0.05, 0) is 30.9 Å². The SMILES string of the molecule is COc1cc(N)cc(C(=O)N(C)CC2CCCCC2)c1. The standard InChI is InChI=1S/C16H24N2O2/c1-18(11-12-6-4-3-5-7-12)16(19)13-8-14(17)10-15(9-13)20-2/h8-10,12H,3-7,11,17H2,1-2H3. The second-order valence-electron chi connectivity index (χ2n) is 5.68. The maximum absolute atomic E-state index is 12.5. The van der Waals surface area contributed by atoms with Gasteiger partial charge in [-0.3, -0.25) is 4.79 Å². The Balaban J connectivity index is 2.03. The minimum Gasteiger partial charge on any atom is -0.497 e. The van der Waals surface area contributed by atoms with Crippen LogP contribution >= 0.6 is 0 Å². The number of methoxy groups -OCH3 is 1. The molecular weight excluding hydrogens is 252 g/mol. The van der Waals surface area contributed by atoms with Gasteiger partial charge in [0.15, 0.2) is 0 Å². The first-order valence-corrected chi connectivity index (χ1v) is 7.30. The molecule has 2 rings (SSSR count). The number of nitrogens with zero attached hydrogens (tertiary/aromatic N) is 1. The van der Waals surface area contributed by atoms with Crippen LogP contribution in [-0.4, -0.2) is 31.5 Å². The molecule has 0 unspecified atom stereocenters. The van der Waals surface area contributed by atoms with Crippen molar-refractivity contribution in [3.05, 3.63) is 23.8 Å². The Morgan fingerprint density at radius 2 is 2.00 bits per heavy atom. The fraction of sp³-hybridized carbons (Fsp3) is 0.562. The summed E-state index contributed by atoms with van der Waals surface area (Å²) in [5.41, 5.74) is 6.96. The number of hydrogen-bond acceptors (Lipinski definition) is 3. The maximum Gasteiger partial charge on any atom is 0.253 e. The molecule has 0 radical (unpaired) electrons. The highest BCUT2D eigenvalue weighted by atomic mass is 16.5. The van der Waals surface area contributed by atoms with E-state index < -0.39 is 0 Å². The highest BCUT2D eigenvalue weighted by molar-refractivity contribution is 5.95. The Kier molecular flexibility index (Phi) is 4.88. The lowest BCUT2D eigenvalue weighted by molar-refractivity contribution is 0.0760. The average molecular weight is 276 g/mol. The van der Waals surface area contributed by atoms with Crippen LogP contribution in [0.1, 0.15) is 42.5 Å². The Labute approximate surface area is 120 Å². The van der Waals surface area contributed by atoms with E-state index in [2.05, 4.69) is 0 Å². The lowest BCUT2D eigenvalue weighted by Crippen LogP contribution is -2.32. The quantitative estimate of drug-likeness (QED) is 0.860. The highest BCUT2D eigenvalue weighted by Gasteiger charge is 2.19. The number of nitrogen functional groups attached to an aromatic ring is 1. The van der Waals surface area contributed by atoms with Gasteiger partial charge in [-0.15, -0.1) is 0 Å². The first kappa shape index (κ1) is 14.7. The lowest BCUT2D eigenvalue weighted by Gasteiger charge is -2.27. The molecule has 0 heterocycles. The van der Waals surface area contributed by atoms with Crippen molar-refractivity contribution in [2.45, 2.75) is 32.1 Å². The summed E-state index contributed by atoms with van der Waals surface area (Å²) in [7, 11) is 3.45. The van der Waals surface area contributed by atoms with Crippen LogP contribution in [0.25, 0.3) is 0 Å². The molecule has 1 aliphatic rings. The smallest absolute Gasteiger partial charge is 0.253 e. The van der Waals surface area contributed by atoms with Gasteiger partial charge < -0.3 is 15.4 Å². The predicted octanol–water partition coefficient (Wildman–Crippen LogP) is 2.93. The van der Waals surface area contributed by atoms with Crippen molar-refractivity contribution in [2.75, 3.05) is 26.4 Å². The third kappa shape index (κ3) is 3.65. The number of benzene rings is 1. The molecule has 1 fully saturated rings. The van der Waals surface area contributed by atoms with Gasteiger partial charge in [0, 0.05) is 30.9 Å². The Bertz CT molecular complexity index is 468. The van der Waals surface area contributed by atoms with Crippen LogP contribution in [0.3, 0.4) is 0 Å². The summed E-state index contributed by atoms with van der Waals surface area (Å²) in [4.78, 5) is 14.3. The van der Waals surface area contributed by atoms with E-state index in [1.54, 1.807) is 25.3 Å². The zero-order chi connectivity index (χ0) is 14.5. The molecule has 4 heteroatoms. The van der Waals surface area contributed by atoms with Gasteiger partial charge in [-0.2, -0.15) is 0 Å². The zero-order valence-corrected chi connectivity index (χ0v) is 12.4. The average Bonchev–Trinajstić information content (AvgIpc) is 2.46. The fourth-order valence-electron chi connectivity index (χ4n) is 2.92. The van der Waals surface area contributed by atoms with E-state index in [0.29, 0.717) is 22.9 Å². The van der Waals surface area contributed by atoms with Gasteiger partial charge in [-0.1, -0.05) is 19.3 Å². The van der Waals surface area contributed by atoms with Gasteiger partial charge in [0.25, 0.3) is 5.91 Å². The molecule has 0 aromatic heterocycles. The van der Waals surface area contributed by atoms with Gasteiger partial charge in [0.1, 0.15) is 5.75 Å². The van der Waals surface area contributed by atoms with Crippen molar-refractivity contribution in [1.82, 2.24) is 4.90 Å². The molecule has 1 aromatic rings. The molecule has 4 nitrogen and oxygen atoms in total. The van der Waals surface area contributed by atoms with Crippen molar-refractivity contribution in [3.8, 4) is 5.75 Å². The van der Waals surface area contributed by atoms with E-state index >= 15 is 0 Å². The summed E-state index contributed by atoms with van der Waals surface area (Å²) in [5.74, 6) is 1.28. The number of hydrogen-bond donors (Lipinski definition) is 1. The van der Waals surface area contributed by atoms with Crippen molar-refractivity contribution in [2.24, 2.45) is 5.92 Å². The van der Waals surface area contributed by atoms with Gasteiger partial charge >= 0.3 is 0 Å². The summed E-state index contributed by atoms with van der Waals surface area (Å²) in [6, 6.07) is 5.18. The summed E-state index contributed by atoms with van der Waals surface area (Å²) in [6.07, 6.45) is 6.38. The Morgan fingerprint density at radius 3 is 2.65 bits per heavy atom. The van der Waals surface area contributed by atoms with Crippen LogP contribution in [-0.2, 0) is 0 Å². The molecule has 1 saturated carbocycles. The summed E-state index contributed by atoms with van der Waals surface area (Å²) in [5, 5.41) is 0. The van der Waals surface area contributed by atoms with Crippen molar-refractivity contribution < 1.29 is 9.53 Å². The van der Waals surface area contributed by atoms with Crippen molar-refractivity contribution in [3.63, 3.8) is 0 Å². The molecule has 0 bridgehead atoms. The molecule has 110 valence electrons. The van der Waals surface area contributed by atoms with Crippen LogP contribution < -0.4 is 10.5 Å². The number of nitrogens with two attached hydrogens (primary N) is 1. The monoisotopic (exact) mass is 276 g/mol. The molecule has 1 aromatic carbocycles. The second-order valence-corrected chi connectivity index (χ2v) is 5.68. The summed E-state index contributed by atoms with van der Waals surface area (Å²) >= 11 is 0. The molecule has 0 saturated heterocycles. The molecular formula is C16H24N2O2. The topological polar surface area (TPSA) is 55.6 Å². The fourth-order valence-corrected chi connectivity index (χ4v) is 2.92. The predicted molar refractivity (Wildman–Crippen MR) is 80.9 cm³/mol. The van der Waals surface area contributed by atoms with Crippen LogP contribution in [0.2, 0.25) is 0 Å². The van der Waals surface area contributed by atoms with Gasteiger partial charge in [-0.25, -0.2) is 0 Å². The van der Waals surface area contributed by atoms with E-state index in [1.807, 2.05) is 11.9 Å². The molecule has 0 atom stereocenters. The highest BCUT2D eigenvalue weighted by Crippen LogP contribution is 2.25. The zero-order valence-electron chi connectivity index (χ0n) is 12.4. The lowest BCUT2D eigenvalue weighted by atomic mass is 9.89. The molecule has 1 aliphatic carbocycles. The minimum absolute atomic E-state index is 0.0150. The Morgan fingerprint density at radius 1 is 1.30 bits per heavy atom. The van der Waals surface area contributed by atoms with E-state index in [9.17, 15) is 4.79 Å². The van der Waals surface area contributed by atoms with E-state index in [4.69, 9.17) is 10.5 Å². The molecule has 1 amide bonds. The first-order chi connectivity index (χ1) is 9.60. The first-order valence-electron chi connectivity index (χ1n) is 7.30. The Hall–Kier alpha value is -1.71. The summed E-state index contributed by atoms with van der Waals surface area (Å²) in [6.45, 7) is 0.829. The number of carbonyl (C=O) groups is 1. The number of ether oxygens (including phenoxy) is 1. The third-order valence-electron chi connectivity index (χ3n) is 4.02. The van der Waals surface area contributed by atoms with E-state index in [1.165, 1.54) is 32.1 Å². The summed E-state index contributed by atoms with van der Waals surface area (Å²) < 4.78 is 5.16. The molecule has 20 heavy (non-hydrogen) atoms. The van der Waals surface area contributed by atoms with Crippen LogP contribution in [0.5, 0.6) is 5.75 Å². The molecule has 0 spiro atoms. The minimum atomic E-state index is 0.0150. The van der Waals surface area contributed by atoms with Crippen LogP contribution in [0.4, 0.5) is 5.69 Å². The van der Waals surface area contributed by atoms with Gasteiger partial charge in [0.2, 0.25) is 0 Å². The molecule has 2 N–H and O–H groups in total. The number of carbonyl (C=O) groups excluding carboxylic acids is 1. The number of amides is 1. The molecule has 0 aliphatic heterocycles.